The van der Waals surface area contributed by atoms with E-state index in [1.54, 1.807) is 12.1 Å². The fourth-order valence-electron chi connectivity index (χ4n) is 1.27. The highest BCUT2D eigenvalue weighted by molar-refractivity contribution is 9.10. The van der Waals surface area contributed by atoms with Gasteiger partial charge in [-0.1, -0.05) is 27.5 Å². The Morgan fingerprint density at radius 1 is 1.35 bits per heavy atom. The van der Waals surface area contributed by atoms with E-state index in [4.69, 9.17) is 16.3 Å². The van der Waals surface area contributed by atoms with Crippen LogP contribution in [-0.4, -0.2) is 4.98 Å². The van der Waals surface area contributed by atoms with Gasteiger partial charge in [0.05, 0.1) is 5.02 Å². The van der Waals surface area contributed by atoms with Gasteiger partial charge in [-0.2, -0.15) is 0 Å². The molecule has 17 heavy (non-hydrogen) atoms. The molecule has 0 fully saturated rings. The quantitative estimate of drug-likeness (QED) is 0.798. The smallest absolute Gasteiger partial charge is 0.255 e. The fraction of sp³-hybridized carbons (Fsp3) is 0.0833. The first-order chi connectivity index (χ1) is 8.06. The summed E-state index contributed by atoms with van der Waals surface area (Å²) in [7, 11) is 0. The highest BCUT2D eigenvalue weighted by Crippen LogP contribution is 2.27. The Morgan fingerprint density at radius 2 is 2.12 bits per heavy atom. The fourth-order valence-corrected chi connectivity index (χ4v) is 1.66. The lowest BCUT2D eigenvalue weighted by Gasteiger charge is -2.07. The first kappa shape index (κ1) is 12.3. The molecule has 0 spiro atoms. The topological polar surface area (TPSA) is 22.1 Å². The molecule has 0 aliphatic rings. The molecule has 0 aliphatic carbocycles. The molecule has 1 aromatic heterocycles. The molecule has 0 N–H and O–H groups in total. The molecule has 1 aromatic carbocycles. The maximum atomic E-state index is 13.4. The van der Waals surface area contributed by atoms with Crippen LogP contribution < -0.4 is 4.74 Å². The Bertz CT molecular complexity index is 562. The lowest BCUT2D eigenvalue weighted by atomic mass is 10.2. The van der Waals surface area contributed by atoms with Gasteiger partial charge in [0.15, 0.2) is 5.82 Å². The van der Waals surface area contributed by atoms with Crippen LogP contribution in [0.3, 0.4) is 0 Å². The van der Waals surface area contributed by atoms with Crippen molar-refractivity contribution in [3.63, 3.8) is 0 Å². The predicted octanol–water partition coefficient (Wildman–Crippen LogP) is 4.74. The van der Waals surface area contributed by atoms with Gasteiger partial charge in [-0.05, 0) is 36.8 Å². The average molecular weight is 317 g/mol. The zero-order chi connectivity index (χ0) is 12.4. The molecule has 1 heterocycles. The molecule has 2 aromatic rings. The Hall–Kier alpha value is -1.13. The molecule has 0 bridgehead atoms. The summed E-state index contributed by atoms with van der Waals surface area (Å²) in [5.74, 6) is -0.145. The van der Waals surface area contributed by atoms with E-state index in [0.717, 1.165) is 16.1 Å². The Kier molecular flexibility index (Phi) is 3.64. The first-order valence-corrected chi connectivity index (χ1v) is 5.98. The number of aromatic nitrogens is 1. The summed E-state index contributed by atoms with van der Waals surface area (Å²) in [6.07, 6.45) is 1.34. The van der Waals surface area contributed by atoms with Crippen molar-refractivity contribution in [1.29, 1.82) is 0 Å². The van der Waals surface area contributed by atoms with Gasteiger partial charge in [0.1, 0.15) is 5.75 Å². The van der Waals surface area contributed by atoms with Crippen molar-refractivity contribution in [1.82, 2.24) is 4.98 Å². The molecule has 0 aliphatic heterocycles. The predicted molar refractivity (Wildman–Crippen MR) is 68.2 cm³/mol. The van der Waals surface area contributed by atoms with Gasteiger partial charge in [0.2, 0.25) is 0 Å². The number of pyridine rings is 1. The molecule has 0 saturated carbocycles. The number of hydrogen-bond acceptors (Lipinski definition) is 2. The van der Waals surface area contributed by atoms with Gasteiger partial charge in [-0.15, -0.1) is 0 Å². The lowest BCUT2D eigenvalue weighted by molar-refractivity contribution is 0.422. The van der Waals surface area contributed by atoms with Crippen molar-refractivity contribution < 1.29 is 9.13 Å². The van der Waals surface area contributed by atoms with E-state index in [-0.39, 0.29) is 10.9 Å². The largest absolute Gasteiger partial charge is 0.436 e. The van der Waals surface area contributed by atoms with E-state index in [0.29, 0.717) is 5.75 Å². The van der Waals surface area contributed by atoms with Crippen LogP contribution in [0.2, 0.25) is 5.02 Å². The van der Waals surface area contributed by atoms with Gasteiger partial charge >= 0.3 is 0 Å². The molecule has 5 heteroatoms. The summed E-state index contributed by atoms with van der Waals surface area (Å²) in [4.78, 5) is 3.78. The third kappa shape index (κ3) is 2.96. The van der Waals surface area contributed by atoms with Crippen molar-refractivity contribution >= 4 is 27.5 Å². The molecule has 88 valence electrons. The summed E-state index contributed by atoms with van der Waals surface area (Å²) in [6, 6.07) is 6.51. The molecule has 2 nitrogen and oxygen atoms in total. The molecular formula is C12H8BrClFNO. The molecule has 2 rings (SSSR count). The van der Waals surface area contributed by atoms with Gasteiger partial charge < -0.3 is 4.74 Å². The van der Waals surface area contributed by atoms with E-state index < -0.39 is 5.82 Å². The highest BCUT2D eigenvalue weighted by Gasteiger charge is 2.07. The number of aryl methyl sites for hydroxylation is 1. The van der Waals surface area contributed by atoms with Crippen LogP contribution in [0.15, 0.2) is 34.9 Å². The van der Waals surface area contributed by atoms with E-state index in [1.165, 1.54) is 6.20 Å². The van der Waals surface area contributed by atoms with Crippen LogP contribution in [0.5, 0.6) is 11.6 Å². The van der Waals surface area contributed by atoms with Crippen molar-refractivity contribution in [2.24, 2.45) is 0 Å². The minimum atomic E-state index is -0.585. The summed E-state index contributed by atoms with van der Waals surface area (Å²) < 4.78 is 19.7. The summed E-state index contributed by atoms with van der Waals surface area (Å²) in [6.45, 7) is 1.92. The number of ether oxygens (including phenoxy) is 1. The maximum Gasteiger partial charge on any atom is 0.255 e. The van der Waals surface area contributed by atoms with E-state index in [1.807, 2.05) is 13.0 Å². The normalized spacial score (nSPS) is 10.4. The first-order valence-electron chi connectivity index (χ1n) is 4.81. The number of hydrogen-bond donors (Lipinski definition) is 0. The number of halogens is 3. The minimum absolute atomic E-state index is 0.0869. The second-order valence-corrected chi connectivity index (χ2v) is 4.74. The van der Waals surface area contributed by atoms with Crippen molar-refractivity contribution in [2.75, 3.05) is 0 Å². The van der Waals surface area contributed by atoms with E-state index >= 15 is 0 Å². The third-order valence-electron chi connectivity index (χ3n) is 2.12. The van der Waals surface area contributed by atoms with Crippen LogP contribution >= 0.6 is 27.5 Å². The van der Waals surface area contributed by atoms with Gasteiger partial charge in [0, 0.05) is 10.7 Å². The van der Waals surface area contributed by atoms with E-state index in [2.05, 4.69) is 20.9 Å². The second-order valence-electron chi connectivity index (χ2n) is 3.45. The second kappa shape index (κ2) is 5.02. The molecule has 0 saturated heterocycles. The monoisotopic (exact) mass is 315 g/mol. The number of benzene rings is 1. The molecule has 0 unspecified atom stereocenters. The van der Waals surface area contributed by atoms with Crippen molar-refractivity contribution in [3.05, 3.63) is 51.3 Å². The Morgan fingerprint density at radius 3 is 2.76 bits per heavy atom. The lowest BCUT2D eigenvalue weighted by Crippen LogP contribution is -1.92. The van der Waals surface area contributed by atoms with Crippen molar-refractivity contribution in [3.8, 4) is 11.6 Å². The minimum Gasteiger partial charge on any atom is -0.436 e. The Labute approximate surface area is 112 Å². The van der Waals surface area contributed by atoms with Crippen LogP contribution in [0.25, 0.3) is 0 Å². The zero-order valence-corrected chi connectivity index (χ0v) is 11.2. The van der Waals surface area contributed by atoms with Crippen LogP contribution in [0, 0.1) is 12.7 Å². The maximum absolute atomic E-state index is 13.4. The van der Waals surface area contributed by atoms with Gasteiger partial charge in [-0.3, -0.25) is 0 Å². The molecular weight excluding hydrogens is 308 g/mol. The molecule has 0 amide bonds. The average Bonchev–Trinajstić information content (AvgIpc) is 2.27. The third-order valence-corrected chi connectivity index (χ3v) is 3.21. The summed E-state index contributed by atoms with van der Waals surface area (Å²) in [5, 5.41) is 0.238. The van der Waals surface area contributed by atoms with Crippen LogP contribution in [0.1, 0.15) is 5.56 Å². The number of rotatable bonds is 2. The van der Waals surface area contributed by atoms with Crippen molar-refractivity contribution in [2.45, 2.75) is 6.92 Å². The van der Waals surface area contributed by atoms with Gasteiger partial charge in [-0.25, -0.2) is 9.37 Å². The zero-order valence-electron chi connectivity index (χ0n) is 8.88. The van der Waals surface area contributed by atoms with Gasteiger partial charge in [0.25, 0.3) is 5.88 Å². The standard InChI is InChI=1S/C12H8BrClFNO/c1-7-4-9(2-3-10(7)13)17-12-11(15)5-8(14)6-16-12/h2-6H,1H3. The summed E-state index contributed by atoms with van der Waals surface area (Å²) in [5.41, 5.74) is 0.997. The highest BCUT2D eigenvalue weighted by atomic mass is 79.9. The number of nitrogens with zero attached hydrogens (tertiary/aromatic N) is 1. The SMILES string of the molecule is Cc1cc(Oc2ncc(Cl)cc2F)ccc1Br. The van der Waals surface area contributed by atoms with E-state index in [9.17, 15) is 4.39 Å². The summed E-state index contributed by atoms with van der Waals surface area (Å²) >= 11 is 8.98. The van der Waals surface area contributed by atoms with Crippen LogP contribution in [0.4, 0.5) is 4.39 Å². The molecule has 0 radical (unpaired) electrons. The van der Waals surface area contributed by atoms with Crippen LogP contribution in [-0.2, 0) is 0 Å². The molecule has 0 atom stereocenters. The Balaban J connectivity index is 2.28.